The maximum absolute atomic E-state index is 13.2. The molecule has 0 aromatic heterocycles. The number of rotatable bonds is 8. The van der Waals surface area contributed by atoms with E-state index in [1.165, 1.54) is 18.2 Å². The number of aryl methyl sites for hydroxylation is 2. The molecule has 10 heteroatoms. The number of nitro groups is 1. The van der Waals surface area contributed by atoms with Gasteiger partial charge in [0, 0.05) is 12.1 Å². The number of carbonyl (C=O) groups is 3. The van der Waals surface area contributed by atoms with Gasteiger partial charge in [0.25, 0.3) is 17.5 Å². The van der Waals surface area contributed by atoms with Crippen molar-refractivity contribution in [2.75, 3.05) is 11.5 Å². The fraction of sp³-hybridized carbons (Fsp3) is 0.179. The molecule has 1 aliphatic rings. The second-order valence-corrected chi connectivity index (χ2v) is 8.58. The summed E-state index contributed by atoms with van der Waals surface area (Å²) >= 11 is 0. The van der Waals surface area contributed by atoms with Gasteiger partial charge in [-0.1, -0.05) is 12.1 Å². The molecule has 194 valence electrons. The molecule has 38 heavy (non-hydrogen) atoms. The number of carbonyl (C=O) groups excluding carboxylic acids is 3. The lowest BCUT2D eigenvalue weighted by Gasteiger charge is -2.27. The number of imide groups is 2. The number of ether oxygens (including phenoxy) is 2. The van der Waals surface area contributed by atoms with Crippen LogP contribution in [0.4, 0.5) is 16.2 Å². The van der Waals surface area contributed by atoms with Gasteiger partial charge in [-0.25, -0.2) is 9.69 Å². The van der Waals surface area contributed by atoms with Gasteiger partial charge in [0.15, 0.2) is 11.5 Å². The van der Waals surface area contributed by atoms with Crippen LogP contribution in [0.15, 0.2) is 66.2 Å². The van der Waals surface area contributed by atoms with Crippen LogP contribution in [0.25, 0.3) is 6.08 Å². The number of hydrogen-bond acceptors (Lipinski definition) is 7. The lowest BCUT2D eigenvalue weighted by atomic mass is 10.0. The van der Waals surface area contributed by atoms with Crippen molar-refractivity contribution in [1.29, 1.82) is 0 Å². The fourth-order valence-electron chi connectivity index (χ4n) is 3.80. The number of nitrogens with one attached hydrogen (secondary N) is 1. The summed E-state index contributed by atoms with van der Waals surface area (Å²) in [6.07, 6.45) is 1.39. The maximum Gasteiger partial charge on any atom is 0.335 e. The molecule has 3 aromatic rings. The number of non-ortho nitro benzene ring substituents is 1. The third kappa shape index (κ3) is 5.54. The molecule has 1 heterocycles. The summed E-state index contributed by atoms with van der Waals surface area (Å²) in [5, 5.41) is 13.1. The Morgan fingerprint density at radius 2 is 1.66 bits per heavy atom. The summed E-state index contributed by atoms with van der Waals surface area (Å²) in [6, 6.07) is 15.3. The Bertz CT molecular complexity index is 1460. The van der Waals surface area contributed by atoms with E-state index in [1.54, 1.807) is 55.5 Å². The average molecular weight is 516 g/mol. The maximum atomic E-state index is 13.2. The van der Waals surface area contributed by atoms with E-state index in [0.717, 1.165) is 21.6 Å². The Kier molecular flexibility index (Phi) is 7.52. The standard InChI is InChI=1S/C28H25N3O7/c1-4-37-25-15-20(8-12-24(25)38-16-19-6-10-21(11-7-19)31(35)36)14-23-26(32)29-28(34)30(27(23)33)22-9-5-17(2)18(3)13-22/h5-15H,4,16H2,1-3H3,(H,29,32,34)/b23-14+. The van der Waals surface area contributed by atoms with Crippen LogP contribution in [-0.2, 0) is 16.2 Å². The molecule has 1 saturated heterocycles. The number of benzene rings is 3. The predicted octanol–water partition coefficient (Wildman–Crippen LogP) is 4.86. The van der Waals surface area contributed by atoms with Crippen molar-refractivity contribution in [1.82, 2.24) is 5.32 Å². The van der Waals surface area contributed by atoms with Gasteiger partial charge in [-0.05, 0) is 85.5 Å². The van der Waals surface area contributed by atoms with Crippen LogP contribution in [0.1, 0.15) is 29.2 Å². The molecule has 0 spiro atoms. The highest BCUT2D eigenvalue weighted by molar-refractivity contribution is 6.39. The highest BCUT2D eigenvalue weighted by Crippen LogP contribution is 2.31. The molecular formula is C28H25N3O7. The molecule has 3 aromatic carbocycles. The number of anilines is 1. The molecule has 0 saturated carbocycles. The van der Waals surface area contributed by atoms with Gasteiger partial charge >= 0.3 is 6.03 Å². The van der Waals surface area contributed by atoms with E-state index >= 15 is 0 Å². The van der Waals surface area contributed by atoms with Gasteiger partial charge in [-0.15, -0.1) is 0 Å². The Morgan fingerprint density at radius 3 is 2.32 bits per heavy atom. The normalized spacial score (nSPS) is 14.4. The van der Waals surface area contributed by atoms with Crippen molar-refractivity contribution in [2.24, 2.45) is 0 Å². The number of nitro benzene ring substituents is 1. The number of nitrogens with zero attached hydrogens (tertiary/aromatic N) is 2. The van der Waals surface area contributed by atoms with Crippen LogP contribution in [0.5, 0.6) is 11.5 Å². The summed E-state index contributed by atoms with van der Waals surface area (Å²) in [5.41, 5.74) is 3.26. The molecule has 1 fully saturated rings. The van der Waals surface area contributed by atoms with Crippen molar-refractivity contribution in [3.8, 4) is 11.5 Å². The molecule has 1 N–H and O–H groups in total. The van der Waals surface area contributed by atoms with Crippen LogP contribution < -0.4 is 19.7 Å². The minimum Gasteiger partial charge on any atom is -0.490 e. The van der Waals surface area contributed by atoms with E-state index in [1.807, 2.05) is 13.8 Å². The molecule has 1 aliphatic heterocycles. The quantitative estimate of drug-likeness (QED) is 0.196. The highest BCUT2D eigenvalue weighted by atomic mass is 16.6. The summed E-state index contributed by atoms with van der Waals surface area (Å²) in [4.78, 5) is 49.6. The summed E-state index contributed by atoms with van der Waals surface area (Å²) in [7, 11) is 0. The minimum atomic E-state index is -0.814. The van der Waals surface area contributed by atoms with E-state index < -0.39 is 22.8 Å². The van der Waals surface area contributed by atoms with Crippen molar-refractivity contribution >= 4 is 35.3 Å². The van der Waals surface area contributed by atoms with E-state index in [-0.39, 0.29) is 17.9 Å². The second-order valence-electron chi connectivity index (χ2n) is 8.58. The van der Waals surface area contributed by atoms with Crippen LogP contribution in [0.2, 0.25) is 0 Å². The molecule has 0 unspecified atom stereocenters. The van der Waals surface area contributed by atoms with Gasteiger partial charge in [0.1, 0.15) is 12.2 Å². The Balaban J connectivity index is 1.59. The van der Waals surface area contributed by atoms with Gasteiger partial charge < -0.3 is 9.47 Å². The highest BCUT2D eigenvalue weighted by Gasteiger charge is 2.37. The second kappa shape index (κ2) is 11.0. The summed E-state index contributed by atoms with van der Waals surface area (Å²) in [5.74, 6) is -0.733. The van der Waals surface area contributed by atoms with E-state index in [9.17, 15) is 24.5 Å². The molecule has 10 nitrogen and oxygen atoms in total. The lowest BCUT2D eigenvalue weighted by molar-refractivity contribution is -0.384. The zero-order chi connectivity index (χ0) is 27.4. The first-order chi connectivity index (χ1) is 18.2. The van der Waals surface area contributed by atoms with Crippen LogP contribution in [0, 0.1) is 24.0 Å². The molecule has 0 bridgehead atoms. The smallest absolute Gasteiger partial charge is 0.335 e. The van der Waals surface area contributed by atoms with Crippen molar-refractivity contribution in [2.45, 2.75) is 27.4 Å². The van der Waals surface area contributed by atoms with Crippen molar-refractivity contribution < 1.29 is 28.8 Å². The first kappa shape index (κ1) is 26.1. The number of urea groups is 1. The minimum absolute atomic E-state index is 0.0137. The van der Waals surface area contributed by atoms with Gasteiger partial charge in [0.2, 0.25) is 0 Å². The molecule has 0 atom stereocenters. The number of amides is 4. The molecule has 4 amide bonds. The van der Waals surface area contributed by atoms with Crippen LogP contribution in [-0.4, -0.2) is 29.4 Å². The van der Waals surface area contributed by atoms with Gasteiger partial charge in [-0.2, -0.15) is 0 Å². The molecule has 0 radical (unpaired) electrons. The van der Waals surface area contributed by atoms with Crippen molar-refractivity contribution in [3.63, 3.8) is 0 Å². The largest absolute Gasteiger partial charge is 0.490 e. The Hall–Kier alpha value is -4.99. The molecule has 4 rings (SSSR count). The van der Waals surface area contributed by atoms with Crippen LogP contribution in [0.3, 0.4) is 0 Å². The predicted molar refractivity (Wildman–Crippen MR) is 140 cm³/mol. The SMILES string of the molecule is CCOc1cc(/C=C2\C(=O)NC(=O)N(c3ccc(C)c(C)c3)C2=O)ccc1OCc1ccc([N+](=O)[O-])cc1. The zero-order valence-electron chi connectivity index (χ0n) is 21.0. The molecule has 0 aliphatic carbocycles. The zero-order valence-corrected chi connectivity index (χ0v) is 21.0. The van der Waals surface area contributed by atoms with Crippen molar-refractivity contribution in [3.05, 3.63) is 98.6 Å². The van der Waals surface area contributed by atoms with Crippen LogP contribution >= 0.6 is 0 Å². The lowest BCUT2D eigenvalue weighted by Crippen LogP contribution is -2.54. The average Bonchev–Trinajstić information content (AvgIpc) is 2.88. The monoisotopic (exact) mass is 515 g/mol. The van der Waals surface area contributed by atoms with Gasteiger partial charge in [0.05, 0.1) is 17.2 Å². The Morgan fingerprint density at radius 1 is 0.921 bits per heavy atom. The van der Waals surface area contributed by atoms with E-state index in [4.69, 9.17) is 9.47 Å². The third-order valence-electron chi connectivity index (χ3n) is 5.97. The Labute approximate surface area is 218 Å². The fourth-order valence-corrected chi connectivity index (χ4v) is 3.80. The third-order valence-corrected chi connectivity index (χ3v) is 5.97. The summed E-state index contributed by atoms with van der Waals surface area (Å²) < 4.78 is 11.6. The first-order valence-electron chi connectivity index (χ1n) is 11.8. The number of hydrogen-bond donors (Lipinski definition) is 1. The topological polar surface area (TPSA) is 128 Å². The van der Waals surface area contributed by atoms with Gasteiger partial charge in [-0.3, -0.25) is 25.0 Å². The molecular weight excluding hydrogens is 490 g/mol. The summed E-state index contributed by atoms with van der Waals surface area (Å²) in [6.45, 7) is 6.07. The van der Waals surface area contributed by atoms with E-state index in [0.29, 0.717) is 29.4 Å². The van der Waals surface area contributed by atoms with E-state index in [2.05, 4.69) is 5.32 Å². The number of barbiturate groups is 1. The first-order valence-corrected chi connectivity index (χ1v) is 11.8.